The van der Waals surface area contributed by atoms with Gasteiger partial charge in [-0.1, -0.05) is 95.8 Å². The molecule has 5 nitrogen and oxygen atoms in total. The first kappa shape index (κ1) is 23.1. The van der Waals surface area contributed by atoms with E-state index in [1.165, 1.54) is 75.0 Å². The second kappa shape index (κ2) is 13.9. The summed E-state index contributed by atoms with van der Waals surface area (Å²) in [5, 5.41) is 0.723. The fourth-order valence-corrected chi connectivity index (χ4v) is 3.59. The molecular weight excluding hydrogens is 366 g/mol. The maximum Gasteiger partial charge on any atom is 0.449 e. The van der Waals surface area contributed by atoms with E-state index < -0.39 is 6.09 Å². The molecule has 0 radical (unpaired) electrons. The van der Waals surface area contributed by atoms with E-state index in [2.05, 4.69) is 6.92 Å². The first-order chi connectivity index (χ1) is 14.3. The third-order valence-electron chi connectivity index (χ3n) is 5.28. The molecule has 1 aromatic carbocycles. The number of aldehydes is 1. The van der Waals surface area contributed by atoms with Crippen molar-refractivity contribution in [2.75, 3.05) is 6.61 Å². The van der Waals surface area contributed by atoms with Crippen LogP contribution in [-0.4, -0.2) is 23.6 Å². The second-order valence-electron chi connectivity index (χ2n) is 7.65. The van der Waals surface area contributed by atoms with Gasteiger partial charge in [0.2, 0.25) is 0 Å². The Morgan fingerprint density at radius 1 is 0.897 bits per heavy atom. The lowest BCUT2D eigenvalue weighted by Gasteiger charge is -2.05. The summed E-state index contributed by atoms with van der Waals surface area (Å²) >= 11 is 0. The monoisotopic (exact) mass is 401 g/mol. The Morgan fingerprint density at radius 3 is 2.10 bits per heavy atom. The first-order valence-electron chi connectivity index (χ1n) is 11.2. The zero-order valence-electron chi connectivity index (χ0n) is 17.7. The van der Waals surface area contributed by atoms with Crippen LogP contribution in [0.5, 0.6) is 0 Å². The third kappa shape index (κ3) is 8.01. The van der Waals surface area contributed by atoms with Crippen molar-refractivity contribution in [2.24, 2.45) is 0 Å². The van der Waals surface area contributed by atoms with Gasteiger partial charge < -0.3 is 0 Å². The summed E-state index contributed by atoms with van der Waals surface area (Å²) in [4.78, 5) is 33.3. The normalized spacial score (nSPS) is 11.1. The number of unbranched alkanes of at least 4 members (excludes halogenated alkanes) is 11. The molecule has 2 aromatic rings. The smallest absolute Gasteiger partial charge is 0.298 e. The highest BCUT2D eigenvalue weighted by Gasteiger charge is 2.14. The van der Waals surface area contributed by atoms with Crippen molar-refractivity contribution in [1.82, 2.24) is 4.57 Å². The highest BCUT2D eigenvalue weighted by atomic mass is 17.2. The van der Waals surface area contributed by atoms with Crippen LogP contribution in [0.1, 0.15) is 94.3 Å². The Kier molecular flexibility index (Phi) is 11.1. The van der Waals surface area contributed by atoms with Crippen LogP contribution in [0.4, 0.5) is 4.79 Å². The number of carbonyl (C=O) groups excluding carboxylic acids is 2. The SMILES string of the molecule is CCCCCCCCCCCCCCOOC(=O)n1cc(C=O)c2ccccc21. The van der Waals surface area contributed by atoms with Gasteiger partial charge in [-0.15, -0.1) is 0 Å². The summed E-state index contributed by atoms with van der Waals surface area (Å²) in [5.74, 6) is 0. The van der Waals surface area contributed by atoms with Gasteiger partial charge in [0, 0.05) is 17.1 Å². The lowest BCUT2D eigenvalue weighted by Crippen LogP contribution is -2.13. The third-order valence-corrected chi connectivity index (χ3v) is 5.28. The fourth-order valence-electron chi connectivity index (χ4n) is 3.59. The molecule has 0 aliphatic rings. The van der Waals surface area contributed by atoms with Crippen LogP contribution in [0.25, 0.3) is 10.9 Å². The molecule has 0 atom stereocenters. The Hall–Kier alpha value is -2.14. The van der Waals surface area contributed by atoms with Gasteiger partial charge in [-0.25, -0.2) is 9.36 Å². The van der Waals surface area contributed by atoms with E-state index in [4.69, 9.17) is 9.78 Å². The van der Waals surface area contributed by atoms with E-state index in [1.54, 1.807) is 12.1 Å². The molecule has 0 aliphatic heterocycles. The summed E-state index contributed by atoms with van der Waals surface area (Å²) in [6.45, 7) is 2.65. The molecule has 0 saturated heterocycles. The number of hydrogen-bond donors (Lipinski definition) is 0. The molecule has 0 N–H and O–H groups in total. The Morgan fingerprint density at radius 2 is 1.48 bits per heavy atom. The lowest BCUT2D eigenvalue weighted by atomic mass is 10.1. The van der Waals surface area contributed by atoms with Crippen LogP contribution >= 0.6 is 0 Å². The standard InChI is InChI=1S/C24H35NO4/c1-2-3-4-5-6-7-8-9-10-11-12-15-18-28-29-24(27)25-19-21(20-26)22-16-13-14-17-23(22)25/h13-14,16-17,19-20H,2-12,15,18H2,1H3. The van der Waals surface area contributed by atoms with Gasteiger partial charge in [0.25, 0.3) is 0 Å². The molecule has 160 valence electrons. The Bertz CT molecular complexity index is 738. The minimum absolute atomic E-state index is 0.392. The molecular formula is C24H35NO4. The number of aromatic nitrogens is 1. The Balaban J connectivity index is 1.51. The van der Waals surface area contributed by atoms with E-state index in [0.717, 1.165) is 24.5 Å². The number of carbonyl (C=O) groups is 2. The van der Waals surface area contributed by atoms with E-state index in [0.29, 0.717) is 17.7 Å². The highest BCUT2D eigenvalue weighted by Crippen LogP contribution is 2.20. The molecule has 29 heavy (non-hydrogen) atoms. The minimum Gasteiger partial charge on any atom is -0.298 e. The number of nitrogens with zero attached hydrogens (tertiary/aromatic N) is 1. The van der Waals surface area contributed by atoms with Gasteiger partial charge >= 0.3 is 6.09 Å². The van der Waals surface area contributed by atoms with Crippen molar-refractivity contribution in [1.29, 1.82) is 0 Å². The van der Waals surface area contributed by atoms with Crippen LogP contribution in [0.2, 0.25) is 0 Å². The molecule has 0 aliphatic carbocycles. The zero-order valence-corrected chi connectivity index (χ0v) is 17.7. The van der Waals surface area contributed by atoms with E-state index in [-0.39, 0.29) is 0 Å². The van der Waals surface area contributed by atoms with Crippen LogP contribution in [0.15, 0.2) is 30.5 Å². The quantitative estimate of drug-likeness (QED) is 0.139. The molecule has 1 heterocycles. The zero-order chi connectivity index (χ0) is 20.7. The average Bonchev–Trinajstić information content (AvgIpc) is 3.13. The largest absolute Gasteiger partial charge is 0.449 e. The van der Waals surface area contributed by atoms with Crippen molar-refractivity contribution >= 4 is 23.3 Å². The molecule has 0 bridgehead atoms. The molecule has 0 saturated carbocycles. The van der Waals surface area contributed by atoms with E-state index >= 15 is 0 Å². The molecule has 0 unspecified atom stereocenters. The van der Waals surface area contributed by atoms with Crippen LogP contribution < -0.4 is 0 Å². The van der Waals surface area contributed by atoms with Crippen molar-refractivity contribution in [3.63, 3.8) is 0 Å². The van der Waals surface area contributed by atoms with Gasteiger partial charge in [0.15, 0.2) is 6.29 Å². The maximum absolute atomic E-state index is 12.2. The van der Waals surface area contributed by atoms with Gasteiger partial charge in [0.05, 0.1) is 12.1 Å². The first-order valence-corrected chi connectivity index (χ1v) is 11.2. The lowest BCUT2D eigenvalue weighted by molar-refractivity contribution is -0.238. The number of hydrogen-bond acceptors (Lipinski definition) is 4. The maximum atomic E-state index is 12.2. The number of rotatable bonds is 15. The summed E-state index contributed by atoms with van der Waals surface area (Å²) in [7, 11) is 0. The average molecular weight is 402 g/mol. The highest BCUT2D eigenvalue weighted by molar-refractivity contribution is 6.01. The van der Waals surface area contributed by atoms with Gasteiger partial charge in [-0.2, -0.15) is 4.89 Å². The predicted molar refractivity (Wildman–Crippen MR) is 116 cm³/mol. The van der Waals surface area contributed by atoms with Crippen LogP contribution in [-0.2, 0) is 9.78 Å². The van der Waals surface area contributed by atoms with Gasteiger partial charge in [-0.05, 0) is 12.5 Å². The van der Waals surface area contributed by atoms with Crippen molar-refractivity contribution in [3.05, 3.63) is 36.0 Å². The van der Waals surface area contributed by atoms with Gasteiger partial charge in [-0.3, -0.25) is 9.68 Å². The topological polar surface area (TPSA) is 57.5 Å². The van der Waals surface area contributed by atoms with Crippen LogP contribution in [0, 0.1) is 0 Å². The molecule has 2 rings (SSSR count). The van der Waals surface area contributed by atoms with Crippen molar-refractivity contribution in [3.8, 4) is 0 Å². The molecule has 0 amide bonds. The second-order valence-corrected chi connectivity index (χ2v) is 7.65. The summed E-state index contributed by atoms with van der Waals surface area (Å²) < 4.78 is 1.31. The minimum atomic E-state index is -0.631. The summed E-state index contributed by atoms with van der Waals surface area (Å²) in [6, 6.07) is 7.22. The molecule has 5 heteroatoms. The number of benzene rings is 1. The molecule has 0 fully saturated rings. The van der Waals surface area contributed by atoms with Crippen molar-refractivity contribution in [2.45, 2.75) is 84.0 Å². The van der Waals surface area contributed by atoms with E-state index in [1.807, 2.05) is 12.1 Å². The molecule has 1 aromatic heterocycles. The fraction of sp³-hybridized carbons (Fsp3) is 0.583. The van der Waals surface area contributed by atoms with Gasteiger partial charge in [0.1, 0.15) is 0 Å². The number of fused-ring (bicyclic) bond motifs is 1. The van der Waals surface area contributed by atoms with Crippen molar-refractivity contribution < 1.29 is 19.4 Å². The predicted octanol–water partition coefficient (Wildman–Crippen LogP) is 7.07. The number of para-hydroxylation sites is 1. The van der Waals surface area contributed by atoms with Crippen LogP contribution in [0.3, 0.4) is 0 Å². The molecule has 0 spiro atoms. The summed E-state index contributed by atoms with van der Waals surface area (Å²) in [5.41, 5.74) is 1.09. The van der Waals surface area contributed by atoms with E-state index in [9.17, 15) is 9.59 Å². The summed E-state index contributed by atoms with van der Waals surface area (Å²) in [6.07, 6.45) is 16.8. The Labute approximate surface area is 174 Å².